The molecule has 3 amide bonds. The number of amides is 3. The fourth-order valence-corrected chi connectivity index (χ4v) is 2.84. The van der Waals surface area contributed by atoms with Crippen LogP contribution in [0.2, 0.25) is 0 Å². The molecule has 0 radical (unpaired) electrons. The highest BCUT2D eigenvalue weighted by Gasteiger charge is 2.44. The van der Waals surface area contributed by atoms with Crippen LogP contribution < -0.4 is 5.32 Å². The van der Waals surface area contributed by atoms with E-state index in [0.717, 1.165) is 18.5 Å². The summed E-state index contributed by atoms with van der Waals surface area (Å²) in [6.07, 6.45) is 3.39. The average molecular weight is 321 g/mol. The SMILES string of the molecule is O=C(NCc1ccccn1)c1ccc2c(c1)C(=O)N(C1CC1)C2=O. The monoisotopic (exact) mass is 321 g/mol. The van der Waals surface area contributed by atoms with Crippen molar-refractivity contribution in [2.75, 3.05) is 0 Å². The lowest BCUT2D eigenvalue weighted by Crippen LogP contribution is -2.31. The molecule has 1 N–H and O–H groups in total. The maximum atomic E-state index is 12.4. The predicted molar refractivity (Wildman–Crippen MR) is 85.4 cm³/mol. The molecule has 1 aliphatic heterocycles. The van der Waals surface area contributed by atoms with Gasteiger partial charge in [-0.2, -0.15) is 0 Å². The third-order valence-electron chi connectivity index (χ3n) is 4.25. The number of rotatable bonds is 4. The number of nitrogens with zero attached hydrogens (tertiary/aromatic N) is 2. The Morgan fingerprint density at radius 3 is 2.62 bits per heavy atom. The Labute approximate surface area is 138 Å². The van der Waals surface area contributed by atoms with Gasteiger partial charge in [-0.25, -0.2) is 0 Å². The Morgan fingerprint density at radius 1 is 1.12 bits per heavy atom. The van der Waals surface area contributed by atoms with Crippen LogP contribution in [0.3, 0.4) is 0 Å². The second kappa shape index (κ2) is 5.56. The number of fused-ring (bicyclic) bond motifs is 1. The van der Waals surface area contributed by atoms with Gasteiger partial charge in [0.05, 0.1) is 23.4 Å². The minimum Gasteiger partial charge on any atom is -0.346 e. The summed E-state index contributed by atoms with van der Waals surface area (Å²) >= 11 is 0. The molecule has 24 heavy (non-hydrogen) atoms. The van der Waals surface area contributed by atoms with Crippen molar-refractivity contribution in [1.82, 2.24) is 15.2 Å². The van der Waals surface area contributed by atoms with Gasteiger partial charge in [0, 0.05) is 17.8 Å². The fraction of sp³-hybridized carbons (Fsp3) is 0.222. The zero-order chi connectivity index (χ0) is 16.7. The van der Waals surface area contributed by atoms with E-state index in [-0.39, 0.29) is 23.8 Å². The van der Waals surface area contributed by atoms with Gasteiger partial charge in [-0.3, -0.25) is 24.3 Å². The van der Waals surface area contributed by atoms with Crippen molar-refractivity contribution >= 4 is 17.7 Å². The molecule has 1 aromatic carbocycles. The summed E-state index contributed by atoms with van der Waals surface area (Å²) in [7, 11) is 0. The van der Waals surface area contributed by atoms with Gasteiger partial charge in [0.25, 0.3) is 17.7 Å². The molecular formula is C18H15N3O3. The number of carbonyl (C=O) groups is 3. The molecule has 2 aromatic rings. The van der Waals surface area contributed by atoms with Crippen molar-refractivity contribution in [3.05, 3.63) is 65.0 Å². The first-order valence-corrected chi connectivity index (χ1v) is 7.85. The molecule has 4 rings (SSSR count). The zero-order valence-electron chi connectivity index (χ0n) is 12.9. The normalized spacial score (nSPS) is 16.2. The minimum atomic E-state index is -0.298. The lowest BCUT2D eigenvalue weighted by molar-refractivity contribution is 0.0642. The third-order valence-corrected chi connectivity index (χ3v) is 4.25. The standard InChI is InChI=1S/C18H15N3O3/c22-16(20-10-12-3-1-2-8-19-12)11-4-7-14-15(9-11)18(24)21(17(14)23)13-5-6-13/h1-4,7-9,13H,5-6,10H2,(H,20,22). The van der Waals surface area contributed by atoms with E-state index < -0.39 is 0 Å². The van der Waals surface area contributed by atoms with Gasteiger partial charge in [-0.15, -0.1) is 0 Å². The Bertz CT molecular complexity index is 844. The Kier molecular flexibility index (Phi) is 3.37. The molecule has 0 bridgehead atoms. The number of hydrogen-bond acceptors (Lipinski definition) is 4. The summed E-state index contributed by atoms with van der Waals surface area (Å²) in [5.41, 5.74) is 1.81. The first kappa shape index (κ1) is 14.6. The van der Waals surface area contributed by atoms with Crippen LogP contribution >= 0.6 is 0 Å². The second-order valence-electron chi connectivity index (χ2n) is 5.98. The first-order valence-electron chi connectivity index (χ1n) is 7.85. The molecule has 2 aliphatic rings. The number of benzene rings is 1. The van der Waals surface area contributed by atoms with Crippen molar-refractivity contribution < 1.29 is 14.4 Å². The van der Waals surface area contributed by atoms with E-state index in [1.54, 1.807) is 24.4 Å². The molecular weight excluding hydrogens is 306 g/mol. The lowest BCUT2D eigenvalue weighted by atomic mass is 10.1. The molecule has 1 saturated carbocycles. The highest BCUT2D eigenvalue weighted by molar-refractivity contribution is 6.22. The van der Waals surface area contributed by atoms with E-state index in [1.807, 2.05) is 12.1 Å². The largest absolute Gasteiger partial charge is 0.346 e. The number of carbonyl (C=O) groups excluding carboxylic acids is 3. The van der Waals surface area contributed by atoms with Crippen molar-refractivity contribution in [1.29, 1.82) is 0 Å². The van der Waals surface area contributed by atoms with E-state index in [1.165, 1.54) is 11.0 Å². The summed E-state index contributed by atoms with van der Waals surface area (Å²) in [4.78, 5) is 42.4. The van der Waals surface area contributed by atoms with Gasteiger partial charge in [-0.1, -0.05) is 6.07 Å². The van der Waals surface area contributed by atoms with Gasteiger partial charge in [-0.05, 0) is 43.2 Å². The molecule has 0 unspecified atom stereocenters. The summed E-state index contributed by atoms with van der Waals surface area (Å²) in [6, 6.07) is 10.1. The van der Waals surface area contributed by atoms with Crippen LogP contribution in [0.15, 0.2) is 42.6 Å². The van der Waals surface area contributed by atoms with E-state index in [0.29, 0.717) is 23.2 Å². The van der Waals surface area contributed by atoms with Crippen LogP contribution in [0.25, 0.3) is 0 Å². The molecule has 0 saturated heterocycles. The molecule has 6 nitrogen and oxygen atoms in total. The quantitative estimate of drug-likeness (QED) is 0.871. The lowest BCUT2D eigenvalue weighted by Gasteiger charge is -2.11. The second-order valence-corrected chi connectivity index (χ2v) is 5.98. The maximum Gasteiger partial charge on any atom is 0.261 e. The average Bonchev–Trinajstić information content (AvgIpc) is 3.41. The van der Waals surface area contributed by atoms with Crippen molar-refractivity contribution in [2.45, 2.75) is 25.4 Å². The number of pyridine rings is 1. The molecule has 2 heterocycles. The van der Waals surface area contributed by atoms with Crippen LogP contribution in [0.4, 0.5) is 0 Å². The third kappa shape index (κ3) is 2.46. The van der Waals surface area contributed by atoms with Crippen LogP contribution in [0, 0.1) is 0 Å². The van der Waals surface area contributed by atoms with Crippen LogP contribution in [0.5, 0.6) is 0 Å². The highest BCUT2D eigenvalue weighted by atomic mass is 16.2. The highest BCUT2D eigenvalue weighted by Crippen LogP contribution is 2.34. The van der Waals surface area contributed by atoms with Gasteiger partial charge in [0.2, 0.25) is 0 Å². The zero-order valence-corrected chi connectivity index (χ0v) is 12.9. The van der Waals surface area contributed by atoms with E-state index in [4.69, 9.17) is 0 Å². The number of imide groups is 1. The topological polar surface area (TPSA) is 79.4 Å². The van der Waals surface area contributed by atoms with Crippen LogP contribution in [-0.4, -0.2) is 33.6 Å². The summed E-state index contributed by atoms with van der Waals surface area (Å²) < 4.78 is 0. The Morgan fingerprint density at radius 2 is 1.92 bits per heavy atom. The first-order chi connectivity index (χ1) is 11.6. The van der Waals surface area contributed by atoms with Gasteiger partial charge >= 0.3 is 0 Å². The van der Waals surface area contributed by atoms with Gasteiger partial charge < -0.3 is 5.32 Å². The molecule has 1 fully saturated rings. The number of aromatic nitrogens is 1. The molecule has 0 atom stereocenters. The fourth-order valence-electron chi connectivity index (χ4n) is 2.84. The molecule has 1 aromatic heterocycles. The predicted octanol–water partition coefficient (Wildman–Crippen LogP) is 1.77. The summed E-state index contributed by atoms with van der Waals surface area (Å²) in [5.74, 6) is -0.844. The van der Waals surface area contributed by atoms with Crippen molar-refractivity contribution in [3.8, 4) is 0 Å². The van der Waals surface area contributed by atoms with E-state index in [2.05, 4.69) is 10.3 Å². The number of nitrogens with one attached hydrogen (secondary N) is 1. The molecule has 1 aliphatic carbocycles. The molecule has 6 heteroatoms. The summed E-state index contributed by atoms with van der Waals surface area (Å²) in [6.45, 7) is 0.303. The Balaban J connectivity index is 1.53. The summed E-state index contributed by atoms with van der Waals surface area (Å²) in [5, 5.41) is 2.77. The number of hydrogen-bond donors (Lipinski definition) is 1. The van der Waals surface area contributed by atoms with Crippen LogP contribution in [-0.2, 0) is 6.54 Å². The Hall–Kier alpha value is -3.02. The van der Waals surface area contributed by atoms with Crippen molar-refractivity contribution in [2.24, 2.45) is 0 Å². The van der Waals surface area contributed by atoms with Gasteiger partial charge in [0.15, 0.2) is 0 Å². The van der Waals surface area contributed by atoms with Crippen molar-refractivity contribution in [3.63, 3.8) is 0 Å². The van der Waals surface area contributed by atoms with E-state index in [9.17, 15) is 14.4 Å². The maximum absolute atomic E-state index is 12.4. The minimum absolute atomic E-state index is 0.0267. The molecule has 120 valence electrons. The van der Waals surface area contributed by atoms with E-state index >= 15 is 0 Å². The smallest absolute Gasteiger partial charge is 0.261 e. The molecule has 0 spiro atoms. The van der Waals surface area contributed by atoms with Gasteiger partial charge in [0.1, 0.15) is 0 Å². The van der Waals surface area contributed by atoms with Crippen LogP contribution in [0.1, 0.15) is 49.6 Å².